The Morgan fingerprint density at radius 1 is 0.917 bits per heavy atom. The molecule has 0 aromatic rings. The first-order chi connectivity index (χ1) is 11.6. The second-order valence-electron chi connectivity index (χ2n) is 5.40. The molecular weight excluding hydrogens is 304 g/mol. The van der Waals surface area contributed by atoms with Crippen LogP contribution in [0.3, 0.4) is 0 Å². The zero-order chi connectivity index (χ0) is 18.0. The average Bonchev–Trinajstić information content (AvgIpc) is 2.53. The van der Waals surface area contributed by atoms with E-state index in [-0.39, 0.29) is 6.42 Å². The standard InChI is InChI=1S/C20H30O4/c1-2-3-4-5-6-9-13-18(21)14-10-7-8-11-15-19(22)16-12-17-20(23)24/h3-4,6-11,14-15,18-19,21-22H,2,5,12-13,16-17H2,1H3,(H,23,24)/b4-3-,8-7+,9-6-,14-10+,15-11-. The van der Waals surface area contributed by atoms with E-state index in [4.69, 9.17) is 5.11 Å². The highest BCUT2D eigenvalue weighted by molar-refractivity contribution is 5.66. The highest BCUT2D eigenvalue weighted by atomic mass is 16.4. The van der Waals surface area contributed by atoms with Crippen molar-refractivity contribution in [3.05, 3.63) is 60.8 Å². The summed E-state index contributed by atoms with van der Waals surface area (Å²) in [7, 11) is 0. The van der Waals surface area contributed by atoms with E-state index in [1.807, 2.05) is 12.2 Å². The highest BCUT2D eigenvalue weighted by Crippen LogP contribution is 2.02. The first-order valence-corrected chi connectivity index (χ1v) is 8.45. The topological polar surface area (TPSA) is 77.8 Å². The lowest BCUT2D eigenvalue weighted by Gasteiger charge is -2.02. The number of aliphatic hydroxyl groups is 2. The summed E-state index contributed by atoms with van der Waals surface area (Å²) in [5.41, 5.74) is 0. The van der Waals surface area contributed by atoms with Gasteiger partial charge >= 0.3 is 5.97 Å². The molecule has 0 heterocycles. The van der Waals surface area contributed by atoms with Gasteiger partial charge in [-0.15, -0.1) is 0 Å². The monoisotopic (exact) mass is 334 g/mol. The largest absolute Gasteiger partial charge is 0.481 e. The van der Waals surface area contributed by atoms with Gasteiger partial charge in [0, 0.05) is 6.42 Å². The van der Waals surface area contributed by atoms with Gasteiger partial charge in [-0.2, -0.15) is 0 Å². The molecule has 0 saturated carbocycles. The second-order valence-corrected chi connectivity index (χ2v) is 5.40. The Labute approximate surface area is 145 Å². The Kier molecular flexibility index (Phi) is 14.7. The van der Waals surface area contributed by atoms with Gasteiger partial charge in [-0.25, -0.2) is 0 Å². The van der Waals surface area contributed by atoms with Gasteiger partial charge in [-0.05, 0) is 32.1 Å². The van der Waals surface area contributed by atoms with Crippen LogP contribution in [0.15, 0.2) is 60.8 Å². The number of carboxylic acid groups (broad SMARTS) is 1. The molecule has 2 unspecified atom stereocenters. The summed E-state index contributed by atoms with van der Waals surface area (Å²) in [5.74, 6) is -0.845. The molecule has 4 nitrogen and oxygen atoms in total. The van der Waals surface area contributed by atoms with Crippen molar-refractivity contribution in [2.24, 2.45) is 0 Å². The Morgan fingerprint density at radius 3 is 2.17 bits per heavy atom. The number of hydrogen-bond donors (Lipinski definition) is 3. The van der Waals surface area contributed by atoms with Crippen molar-refractivity contribution < 1.29 is 20.1 Å². The van der Waals surface area contributed by atoms with Crippen molar-refractivity contribution >= 4 is 5.97 Å². The molecule has 4 heteroatoms. The second kappa shape index (κ2) is 16.0. The summed E-state index contributed by atoms with van der Waals surface area (Å²) < 4.78 is 0. The number of rotatable bonds is 13. The van der Waals surface area contributed by atoms with Crippen molar-refractivity contribution in [3.8, 4) is 0 Å². The van der Waals surface area contributed by atoms with Crippen LogP contribution in [-0.2, 0) is 4.79 Å². The van der Waals surface area contributed by atoms with Gasteiger partial charge in [0.15, 0.2) is 0 Å². The third kappa shape index (κ3) is 16.5. The van der Waals surface area contributed by atoms with Crippen molar-refractivity contribution in [1.29, 1.82) is 0 Å². The molecule has 0 amide bonds. The van der Waals surface area contributed by atoms with Gasteiger partial charge in [0.05, 0.1) is 12.2 Å². The van der Waals surface area contributed by atoms with Crippen LogP contribution in [-0.4, -0.2) is 33.5 Å². The van der Waals surface area contributed by atoms with Gasteiger partial charge < -0.3 is 15.3 Å². The summed E-state index contributed by atoms with van der Waals surface area (Å²) in [6, 6.07) is 0. The molecule has 0 bridgehead atoms. The van der Waals surface area contributed by atoms with E-state index in [0.717, 1.165) is 12.8 Å². The van der Waals surface area contributed by atoms with E-state index in [0.29, 0.717) is 19.3 Å². The number of hydrogen-bond acceptors (Lipinski definition) is 3. The number of allylic oxidation sites excluding steroid dienone is 7. The lowest BCUT2D eigenvalue weighted by molar-refractivity contribution is -0.137. The van der Waals surface area contributed by atoms with Crippen LogP contribution in [0.5, 0.6) is 0 Å². The first-order valence-electron chi connectivity index (χ1n) is 8.45. The van der Waals surface area contributed by atoms with Crippen LogP contribution in [0.25, 0.3) is 0 Å². The van der Waals surface area contributed by atoms with Gasteiger partial charge in [0.2, 0.25) is 0 Å². The van der Waals surface area contributed by atoms with E-state index in [9.17, 15) is 15.0 Å². The molecule has 0 fully saturated rings. The molecule has 0 aliphatic rings. The van der Waals surface area contributed by atoms with Crippen molar-refractivity contribution in [2.45, 2.75) is 57.7 Å². The molecule has 0 saturated heterocycles. The molecule has 24 heavy (non-hydrogen) atoms. The normalized spacial score (nSPS) is 15.5. The molecule has 0 rings (SSSR count). The number of aliphatic hydroxyl groups excluding tert-OH is 2. The fraction of sp³-hybridized carbons (Fsp3) is 0.450. The van der Waals surface area contributed by atoms with Crippen LogP contribution in [0, 0.1) is 0 Å². The third-order valence-corrected chi connectivity index (χ3v) is 3.11. The Balaban J connectivity index is 3.87. The summed E-state index contributed by atoms with van der Waals surface area (Å²) in [6.07, 6.45) is 20.9. The summed E-state index contributed by atoms with van der Waals surface area (Å²) in [6.45, 7) is 2.09. The molecule has 0 aliphatic carbocycles. The SMILES string of the molecule is CC/C=C\C/C=C\CC(O)/C=C/C=C/C=C\C(O)CCCC(=O)O. The Bertz CT molecular complexity index is 458. The molecule has 0 aliphatic heterocycles. The van der Waals surface area contributed by atoms with Crippen LogP contribution in [0.1, 0.15) is 45.4 Å². The van der Waals surface area contributed by atoms with Crippen LogP contribution < -0.4 is 0 Å². The Hall–Kier alpha value is -1.91. The molecule has 0 spiro atoms. The molecule has 0 radical (unpaired) electrons. The lowest BCUT2D eigenvalue weighted by atomic mass is 10.1. The minimum absolute atomic E-state index is 0.0741. The summed E-state index contributed by atoms with van der Waals surface area (Å²) >= 11 is 0. The van der Waals surface area contributed by atoms with Crippen molar-refractivity contribution in [1.82, 2.24) is 0 Å². The smallest absolute Gasteiger partial charge is 0.303 e. The number of carbonyl (C=O) groups is 1. The maximum absolute atomic E-state index is 10.3. The average molecular weight is 334 g/mol. The maximum Gasteiger partial charge on any atom is 0.303 e. The van der Waals surface area contributed by atoms with E-state index < -0.39 is 18.2 Å². The van der Waals surface area contributed by atoms with E-state index in [2.05, 4.69) is 19.1 Å². The quantitative estimate of drug-likeness (QED) is 0.352. The van der Waals surface area contributed by atoms with Gasteiger partial charge in [0.25, 0.3) is 0 Å². The van der Waals surface area contributed by atoms with Gasteiger partial charge in [-0.3, -0.25) is 4.79 Å². The van der Waals surface area contributed by atoms with E-state index in [1.54, 1.807) is 36.5 Å². The molecule has 3 N–H and O–H groups in total. The third-order valence-electron chi connectivity index (χ3n) is 3.11. The molecular formula is C20H30O4. The van der Waals surface area contributed by atoms with E-state index >= 15 is 0 Å². The minimum Gasteiger partial charge on any atom is -0.481 e. The number of aliphatic carboxylic acids is 1. The van der Waals surface area contributed by atoms with Crippen molar-refractivity contribution in [2.75, 3.05) is 0 Å². The first kappa shape index (κ1) is 22.1. The van der Waals surface area contributed by atoms with Crippen molar-refractivity contribution in [3.63, 3.8) is 0 Å². The predicted molar refractivity (Wildman–Crippen MR) is 98.7 cm³/mol. The summed E-state index contributed by atoms with van der Waals surface area (Å²) in [4.78, 5) is 10.3. The maximum atomic E-state index is 10.3. The van der Waals surface area contributed by atoms with Gasteiger partial charge in [-0.1, -0.05) is 67.7 Å². The van der Waals surface area contributed by atoms with Gasteiger partial charge in [0.1, 0.15) is 0 Å². The van der Waals surface area contributed by atoms with E-state index in [1.165, 1.54) is 0 Å². The minimum atomic E-state index is -0.845. The fourth-order valence-corrected chi connectivity index (χ4v) is 1.82. The molecule has 0 aromatic carbocycles. The fourth-order valence-electron chi connectivity index (χ4n) is 1.82. The van der Waals surface area contributed by atoms with Crippen LogP contribution in [0.2, 0.25) is 0 Å². The molecule has 0 aromatic heterocycles. The number of carboxylic acids is 1. The lowest BCUT2D eigenvalue weighted by Crippen LogP contribution is -2.03. The highest BCUT2D eigenvalue weighted by Gasteiger charge is 2.01. The zero-order valence-electron chi connectivity index (χ0n) is 14.4. The zero-order valence-corrected chi connectivity index (χ0v) is 14.4. The summed E-state index contributed by atoms with van der Waals surface area (Å²) in [5, 5.41) is 27.8. The van der Waals surface area contributed by atoms with Crippen LogP contribution in [0.4, 0.5) is 0 Å². The molecule has 2 atom stereocenters. The Morgan fingerprint density at radius 2 is 1.54 bits per heavy atom. The molecule has 134 valence electrons. The van der Waals surface area contributed by atoms with Crippen LogP contribution >= 0.6 is 0 Å². The predicted octanol–water partition coefficient (Wildman–Crippen LogP) is 3.93.